The second kappa shape index (κ2) is 9.24. The predicted octanol–water partition coefficient (Wildman–Crippen LogP) is 1.55. The van der Waals surface area contributed by atoms with Gasteiger partial charge in [-0.3, -0.25) is 0 Å². The Balaban J connectivity index is 0.000000240. The van der Waals surface area contributed by atoms with Crippen LogP contribution in [0.5, 0.6) is 11.5 Å². The maximum absolute atomic E-state index is 9.49. The van der Waals surface area contributed by atoms with E-state index in [-0.39, 0.29) is 23.6 Å². The van der Waals surface area contributed by atoms with Gasteiger partial charge in [0.05, 0.1) is 12.2 Å². The average molecular weight is 334 g/mol. The summed E-state index contributed by atoms with van der Waals surface area (Å²) in [5, 5.41) is 37.2. The Hall–Kier alpha value is -2.12. The fourth-order valence-electron chi connectivity index (χ4n) is 2.02. The van der Waals surface area contributed by atoms with Gasteiger partial charge in [-0.1, -0.05) is 24.3 Å². The minimum atomic E-state index is -0.711. The van der Waals surface area contributed by atoms with Gasteiger partial charge in [-0.05, 0) is 49.2 Å². The maximum atomic E-state index is 9.49. The molecule has 0 saturated heterocycles. The van der Waals surface area contributed by atoms with E-state index < -0.39 is 12.2 Å². The largest absolute Gasteiger partial charge is 0.508 e. The van der Waals surface area contributed by atoms with Crippen LogP contribution < -0.4 is 11.5 Å². The molecule has 0 heterocycles. The van der Waals surface area contributed by atoms with E-state index in [0.29, 0.717) is 11.1 Å². The highest BCUT2D eigenvalue weighted by molar-refractivity contribution is 5.29. The maximum Gasteiger partial charge on any atom is 0.115 e. The molecule has 132 valence electrons. The highest BCUT2D eigenvalue weighted by Gasteiger charge is 2.12. The highest BCUT2D eigenvalue weighted by Crippen LogP contribution is 2.20. The van der Waals surface area contributed by atoms with E-state index in [2.05, 4.69) is 0 Å². The molecule has 6 nitrogen and oxygen atoms in total. The normalized spacial score (nSPS) is 15.6. The lowest BCUT2D eigenvalue weighted by Gasteiger charge is -2.14. The summed E-state index contributed by atoms with van der Waals surface area (Å²) >= 11 is 0. The molecule has 24 heavy (non-hydrogen) atoms. The zero-order valence-corrected chi connectivity index (χ0v) is 13.9. The second-order valence-corrected chi connectivity index (χ2v) is 5.80. The molecule has 0 spiro atoms. The van der Waals surface area contributed by atoms with E-state index >= 15 is 0 Å². The Kier molecular flexibility index (Phi) is 7.67. The van der Waals surface area contributed by atoms with Crippen molar-refractivity contribution < 1.29 is 20.4 Å². The van der Waals surface area contributed by atoms with Gasteiger partial charge in [0.25, 0.3) is 0 Å². The summed E-state index contributed by atoms with van der Waals surface area (Å²) in [6.07, 6.45) is -1.42. The predicted molar refractivity (Wildman–Crippen MR) is 93.4 cm³/mol. The molecule has 0 aliphatic carbocycles. The quantitative estimate of drug-likeness (QED) is 0.502. The number of benzene rings is 2. The smallest absolute Gasteiger partial charge is 0.115 e. The van der Waals surface area contributed by atoms with E-state index in [1.54, 1.807) is 50.2 Å². The van der Waals surface area contributed by atoms with Crippen molar-refractivity contribution in [1.29, 1.82) is 0 Å². The van der Waals surface area contributed by atoms with Crippen molar-refractivity contribution in [3.05, 3.63) is 59.7 Å². The molecule has 0 unspecified atom stereocenters. The van der Waals surface area contributed by atoms with E-state index in [1.807, 2.05) is 0 Å². The van der Waals surface area contributed by atoms with Gasteiger partial charge in [-0.25, -0.2) is 0 Å². The zero-order chi connectivity index (χ0) is 18.3. The summed E-state index contributed by atoms with van der Waals surface area (Å²) in [7, 11) is 0. The molecule has 0 amide bonds. The molecular formula is C18H26N2O4. The first-order valence-electron chi connectivity index (χ1n) is 7.67. The van der Waals surface area contributed by atoms with Crippen LogP contribution in [0.2, 0.25) is 0 Å². The average Bonchev–Trinajstić information content (AvgIpc) is 2.53. The van der Waals surface area contributed by atoms with Crippen LogP contribution in [0, 0.1) is 0 Å². The molecule has 2 rings (SSSR count). The Morgan fingerprint density at radius 3 is 1.29 bits per heavy atom. The second-order valence-electron chi connectivity index (χ2n) is 5.80. The van der Waals surface area contributed by atoms with Crippen molar-refractivity contribution in [2.24, 2.45) is 11.5 Å². The molecule has 0 aliphatic rings. The molecule has 0 saturated carbocycles. The number of aliphatic hydroxyl groups excluding tert-OH is 2. The molecular weight excluding hydrogens is 308 g/mol. The molecule has 0 aliphatic heterocycles. The van der Waals surface area contributed by atoms with Gasteiger partial charge < -0.3 is 31.9 Å². The van der Waals surface area contributed by atoms with Crippen LogP contribution in [-0.2, 0) is 0 Å². The van der Waals surface area contributed by atoms with Gasteiger partial charge in [0, 0.05) is 12.1 Å². The number of hydrogen-bond donors (Lipinski definition) is 6. The molecule has 0 aromatic heterocycles. The highest BCUT2D eigenvalue weighted by atomic mass is 16.3. The number of rotatable bonds is 4. The lowest BCUT2D eigenvalue weighted by Crippen LogP contribution is -2.24. The summed E-state index contributed by atoms with van der Waals surface area (Å²) in [6.45, 7) is 3.43. The fourth-order valence-corrected chi connectivity index (χ4v) is 2.02. The van der Waals surface area contributed by atoms with Crippen molar-refractivity contribution in [1.82, 2.24) is 0 Å². The van der Waals surface area contributed by atoms with E-state index in [0.717, 1.165) is 0 Å². The number of aliphatic hydroxyl groups is 2. The summed E-state index contributed by atoms with van der Waals surface area (Å²) in [5.41, 5.74) is 12.3. The van der Waals surface area contributed by atoms with Gasteiger partial charge in [-0.2, -0.15) is 0 Å². The molecule has 4 atom stereocenters. The third kappa shape index (κ3) is 6.17. The number of phenolic OH excluding ortho intramolecular Hbond substituents is 2. The minimum Gasteiger partial charge on any atom is -0.508 e. The topological polar surface area (TPSA) is 133 Å². The number of aromatic hydroxyl groups is 2. The van der Waals surface area contributed by atoms with Crippen molar-refractivity contribution in [3.63, 3.8) is 0 Å². The van der Waals surface area contributed by atoms with Crippen LogP contribution >= 0.6 is 0 Å². The van der Waals surface area contributed by atoms with Crippen molar-refractivity contribution in [3.8, 4) is 11.5 Å². The molecule has 2 aromatic rings. The lowest BCUT2D eigenvalue weighted by molar-refractivity contribution is 0.153. The number of hydrogen-bond acceptors (Lipinski definition) is 6. The van der Waals surface area contributed by atoms with Crippen LogP contribution in [-0.4, -0.2) is 32.5 Å². The monoisotopic (exact) mass is 334 g/mol. The van der Waals surface area contributed by atoms with Crippen molar-refractivity contribution >= 4 is 0 Å². The minimum absolute atomic E-state index is 0.146. The number of nitrogens with two attached hydrogens (primary N) is 2. The Morgan fingerprint density at radius 2 is 1.04 bits per heavy atom. The van der Waals surface area contributed by atoms with Gasteiger partial charge >= 0.3 is 0 Å². The standard InChI is InChI=1S/2C9H13NO2/c2*1-6(10)9(12)7-3-2-4-8(11)5-7/h2*2-6,9,11-12H,10H2,1H3/t2*6-,9-/m10/s1. The zero-order valence-electron chi connectivity index (χ0n) is 13.9. The first-order valence-corrected chi connectivity index (χ1v) is 7.67. The van der Waals surface area contributed by atoms with Crippen molar-refractivity contribution in [2.75, 3.05) is 0 Å². The van der Waals surface area contributed by atoms with Crippen LogP contribution in [0.1, 0.15) is 37.2 Å². The van der Waals surface area contributed by atoms with Crippen LogP contribution in [0.4, 0.5) is 0 Å². The van der Waals surface area contributed by atoms with E-state index in [1.165, 1.54) is 12.1 Å². The summed E-state index contributed by atoms with van der Waals surface area (Å²) in [5.74, 6) is 0.291. The molecule has 2 aromatic carbocycles. The van der Waals surface area contributed by atoms with Gasteiger partial charge in [0.15, 0.2) is 0 Å². The Morgan fingerprint density at radius 1 is 0.708 bits per heavy atom. The lowest BCUT2D eigenvalue weighted by atomic mass is 10.0. The molecule has 0 bridgehead atoms. The summed E-state index contributed by atoms with van der Waals surface area (Å²) in [4.78, 5) is 0. The van der Waals surface area contributed by atoms with Crippen LogP contribution in [0.3, 0.4) is 0 Å². The summed E-state index contributed by atoms with van der Waals surface area (Å²) in [6, 6.07) is 12.3. The SMILES string of the molecule is C[C@@H](N)[C@@H](O)c1cccc(O)c1.C[C@H](N)[C@H](O)c1cccc(O)c1. The van der Waals surface area contributed by atoms with Gasteiger partial charge in [0.2, 0.25) is 0 Å². The first-order chi connectivity index (χ1) is 11.2. The molecule has 0 fully saturated rings. The Bertz CT molecular complexity index is 576. The van der Waals surface area contributed by atoms with E-state index in [4.69, 9.17) is 21.7 Å². The van der Waals surface area contributed by atoms with E-state index in [9.17, 15) is 10.2 Å². The van der Waals surface area contributed by atoms with Crippen LogP contribution in [0.25, 0.3) is 0 Å². The Labute approximate surface area is 142 Å². The van der Waals surface area contributed by atoms with Crippen molar-refractivity contribution in [2.45, 2.75) is 38.1 Å². The summed E-state index contributed by atoms with van der Waals surface area (Å²) < 4.78 is 0. The third-order valence-corrected chi connectivity index (χ3v) is 3.42. The fraction of sp³-hybridized carbons (Fsp3) is 0.333. The van der Waals surface area contributed by atoms with Gasteiger partial charge in [0.1, 0.15) is 11.5 Å². The van der Waals surface area contributed by atoms with Crippen LogP contribution in [0.15, 0.2) is 48.5 Å². The van der Waals surface area contributed by atoms with Gasteiger partial charge in [-0.15, -0.1) is 0 Å². The number of phenols is 2. The molecule has 0 radical (unpaired) electrons. The third-order valence-electron chi connectivity index (χ3n) is 3.42. The molecule has 6 heteroatoms. The first kappa shape index (κ1) is 19.9. The molecule has 8 N–H and O–H groups in total.